The first kappa shape index (κ1) is 15.6. The Kier molecular flexibility index (Phi) is 4.07. The Morgan fingerprint density at radius 3 is 2.64 bits per heavy atom. The minimum atomic E-state index is 0.223. The lowest BCUT2D eigenvalue weighted by Crippen LogP contribution is -2.01. The van der Waals surface area contributed by atoms with E-state index in [9.17, 15) is 5.11 Å². The van der Waals surface area contributed by atoms with E-state index in [1.165, 1.54) is 10.4 Å². The molecule has 5 heteroatoms. The average molecular weight is 347 g/mol. The number of aromatic nitrogens is 2. The van der Waals surface area contributed by atoms with Crippen LogP contribution < -0.4 is 5.32 Å². The lowest BCUT2D eigenvalue weighted by Gasteiger charge is -2.09. The summed E-state index contributed by atoms with van der Waals surface area (Å²) in [5.41, 5.74) is 1.98. The predicted molar refractivity (Wildman–Crippen MR) is 103 cm³/mol. The van der Waals surface area contributed by atoms with Gasteiger partial charge >= 0.3 is 0 Å². The van der Waals surface area contributed by atoms with Crippen molar-refractivity contribution in [3.8, 4) is 5.75 Å². The molecule has 0 aliphatic carbocycles. The largest absolute Gasteiger partial charge is 0.508 e. The first-order chi connectivity index (χ1) is 12.2. The second-order valence-electron chi connectivity index (χ2n) is 5.90. The molecule has 0 spiro atoms. The second-order valence-corrected chi connectivity index (χ2v) is 7.14. The van der Waals surface area contributed by atoms with Crippen LogP contribution in [0.1, 0.15) is 16.3 Å². The molecule has 0 amide bonds. The lowest BCUT2D eigenvalue weighted by molar-refractivity contribution is 0.475. The van der Waals surface area contributed by atoms with Crippen LogP contribution in [0.5, 0.6) is 5.75 Å². The quantitative estimate of drug-likeness (QED) is 0.543. The molecule has 0 bridgehead atoms. The molecule has 2 heterocycles. The first-order valence-electron chi connectivity index (χ1n) is 8.04. The van der Waals surface area contributed by atoms with Crippen molar-refractivity contribution >= 4 is 33.1 Å². The van der Waals surface area contributed by atoms with Crippen molar-refractivity contribution < 1.29 is 5.11 Å². The number of aromatic hydroxyl groups is 1. The van der Waals surface area contributed by atoms with Crippen molar-refractivity contribution in [3.05, 3.63) is 76.9 Å². The number of phenolic OH excluding ortho intramolecular Hbond substituents is 1. The third kappa shape index (κ3) is 3.46. The van der Waals surface area contributed by atoms with Crippen molar-refractivity contribution in [2.45, 2.75) is 13.3 Å². The molecule has 2 aromatic carbocycles. The molecule has 0 unspecified atom stereocenters. The van der Waals surface area contributed by atoms with Crippen LogP contribution in [0, 0.1) is 6.92 Å². The van der Waals surface area contributed by atoms with Crippen molar-refractivity contribution in [1.29, 1.82) is 0 Å². The highest BCUT2D eigenvalue weighted by Gasteiger charge is 2.11. The Morgan fingerprint density at radius 2 is 1.84 bits per heavy atom. The van der Waals surface area contributed by atoms with Crippen LogP contribution in [-0.2, 0) is 6.42 Å². The maximum Gasteiger partial charge on any atom is 0.142 e. The maximum absolute atomic E-state index is 9.69. The van der Waals surface area contributed by atoms with E-state index >= 15 is 0 Å². The Labute approximate surface area is 149 Å². The van der Waals surface area contributed by atoms with E-state index in [2.05, 4.69) is 30.4 Å². The fourth-order valence-corrected chi connectivity index (χ4v) is 3.66. The van der Waals surface area contributed by atoms with Crippen LogP contribution in [0.2, 0.25) is 0 Å². The monoisotopic (exact) mass is 347 g/mol. The number of rotatable bonds is 4. The van der Waals surface area contributed by atoms with Gasteiger partial charge < -0.3 is 10.4 Å². The molecule has 0 radical (unpaired) electrons. The predicted octanol–water partition coefficient (Wildman–Crippen LogP) is 5.04. The summed E-state index contributed by atoms with van der Waals surface area (Å²) >= 11 is 1.66. The molecule has 4 nitrogen and oxygen atoms in total. The summed E-state index contributed by atoms with van der Waals surface area (Å²) in [5, 5.41) is 14.0. The number of nitrogens with zero attached hydrogens (tertiary/aromatic N) is 2. The van der Waals surface area contributed by atoms with Crippen molar-refractivity contribution in [2.24, 2.45) is 0 Å². The Bertz CT molecular complexity index is 1030. The van der Waals surface area contributed by atoms with Crippen LogP contribution in [0.25, 0.3) is 10.2 Å². The molecule has 0 atom stereocenters. The third-order valence-corrected chi connectivity index (χ3v) is 4.82. The molecular weight excluding hydrogens is 330 g/mol. The zero-order chi connectivity index (χ0) is 17.2. The van der Waals surface area contributed by atoms with Crippen LogP contribution in [0.15, 0.2) is 60.7 Å². The summed E-state index contributed by atoms with van der Waals surface area (Å²) in [6.07, 6.45) is 0.683. The van der Waals surface area contributed by atoms with E-state index < -0.39 is 0 Å². The van der Waals surface area contributed by atoms with Crippen LogP contribution in [0.4, 0.5) is 11.5 Å². The highest BCUT2D eigenvalue weighted by molar-refractivity contribution is 7.18. The summed E-state index contributed by atoms with van der Waals surface area (Å²) in [6, 6.07) is 19.3. The average Bonchev–Trinajstić information content (AvgIpc) is 2.96. The number of nitrogens with one attached hydrogen (secondary N) is 1. The summed E-state index contributed by atoms with van der Waals surface area (Å²) in [5.74, 6) is 1.77. The third-order valence-electron chi connectivity index (χ3n) is 3.88. The van der Waals surface area contributed by atoms with Gasteiger partial charge in [0, 0.05) is 23.1 Å². The topological polar surface area (TPSA) is 58.0 Å². The van der Waals surface area contributed by atoms with E-state index in [1.807, 2.05) is 24.3 Å². The molecular formula is C20H17N3OS. The second kappa shape index (κ2) is 6.53. The van der Waals surface area contributed by atoms with Gasteiger partial charge in [-0.25, -0.2) is 9.97 Å². The zero-order valence-corrected chi connectivity index (χ0v) is 14.5. The van der Waals surface area contributed by atoms with E-state index in [0.717, 1.165) is 27.5 Å². The molecule has 2 aromatic heterocycles. The summed E-state index contributed by atoms with van der Waals surface area (Å²) in [7, 11) is 0. The van der Waals surface area contributed by atoms with E-state index in [4.69, 9.17) is 9.97 Å². The summed E-state index contributed by atoms with van der Waals surface area (Å²) < 4.78 is 0. The molecule has 25 heavy (non-hydrogen) atoms. The fraction of sp³-hybridized carbons (Fsp3) is 0.100. The van der Waals surface area contributed by atoms with Crippen molar-refractivity contribution in [1.82, 2.24) is 9.97 Å². The van der Waals surface area contributed by atoms with E-state index in [1.54, 1.807) is 29.5 Å². The van der Waals surface area contributed by atoms with Gasteiger partial charge in [-0.05, 0) is 30.7 Å². The van der Waals surface area contributed by atoms with Gasteiger partial charge in [-0.2, -0.15) is 0 Å². The minimum Gasteiger partial charge on any atom is -0.508 e. The van der Waals surface area contributed by atoms with Gasteiger partial charge in [-0.3, -0.25) is 0 Å². The molecule has 0 aliphatic heterocycles. The molecule has 0 saturated heterocycles. The molecule has 2 N–H and O–H groups in total. The van der Waals surface area contributed by atoms with Gasteiger partial charge in [0.1, 0.15) is 22.2 Å². The number of benzene rings is 2. The first-order valence-corrected chi connectivity index (χ1v) is 8.86. The number of fused-ring (bicyclic) bond motifs is 1. The minimum absolute atomic E-state index is 0.223. The Hall–Kier alpha value is -2.92. The van der Waals surface area contributed by atoms with E-state index in [0.29, 0.717) is 6.42 Å². The molecule has 0 saturated carbocycles. The smallest absolute Gasteiger partial charge is 0.142 e. The summed E-state index contributed by atoms with van der Waals surface area (Å²) in [6.45, 7) is 2.07. The van der Waals surface area contributed by atoms with Gasteiger partial charge in [0.2, 0.25) is 0 Å². The van der Waals surface area contributed by atoms with Crippen LogP contribution in [0.3, 0.4) is 0 Å². The van der Waals surface area contributed by atoms with Crippen molar-refractivity contribution in [2.75, 3.05) is 5.32 Å². The Balaban J connectivity index is 1.75. The van der Waals surface area contributed by atoms with Crippen LogP contribution >= 0.6 is 11.3 Å². The number of hydrogen-bond donors (Lipinski definition) is 2. The standard InChI is InChI=1S/C20H17N3OS/c1-13-10-17-19(21-15-8-5-9-16(24)12-15)22-18(23-20(17)25-13)11-14-6-3-2-4-7-14/h2-10,12,24H,11H2,1H3,(H,21,22,23). The van der Waals surface area contributed by atoms with E-state index in [-0.39, 0.29) is 5.75 Å². The fourth-order valence-electron chi connectivity index (χ4n) is 2.76. The maximum atomic E-state index is 9.69. The zero-order valence-electron chi connectivity index (χ0n) is 13.7. The highest BCUT2D eigenvalue weighted by Crippen LogP contribution is 2.31. The van der Waals surface area contributed by atoms with Gasteiger partial charge in [0.15, 0.2) is 0 Å². The number of anilines is 2. The highest BCUT2D eigenvalue weighted by atomic mass is 32.1. The number of phenols is 1. The normalized spacial score (nSPS) is 10.9. The molecule has 124 valence electrons. The number of hydrogen-bond acceptors (Lipinski definition) is 5. The lowest BCUT2D eigenvalue weighted by atomic mass is 10.1. The van der Waals surface area contributed by atoms with Gasteiger partial charge in [0.25, 0.3) is 0 Å². The molecule has 4 rings (SSSR count). The molecule has 0 fully saturated rings. The SMILES string of the molecule is Cc1cc2c(Nc3cccc(O)c3)nc(Cc3ccccc3)nc2s1. The number of aryl methyl sites for hydroxylation is 1. The summed E-state index contributed by atoms with van der Waals surface area (Å²) in [4.78, 5) is 11.6. The Morgan fingerprint density at radius 1 is 1.00 bits per heavy atom. The van der Waals surface area contributed by atoms with Crippen LogP contribution in [-0.4, -0.2) is 15.1 Å². The van der Waals surface area contributed by atoms with Gasteiger partial charge in [-0.15, -0.1) is 11.3 Å². The van der Waals surface area contributed by atoms with Crippen molar-refractivity contribution in [3.63, 3.8) is 0 Å². The van der Waals surface area contributed by atoms with Gasteiger partial charge in [0.05, 0.1) is 5.39 Å². The number of thiophene rings is 1. The molecule has 0 aliphatic rings. The van der Waals surface area contributed by atoms with Gasteiger partial charge in [-0.1, -0.05) is 36.4 Å². The molecule has 4 aromatic rings.